The first-order valence-corrected chi connectivity index (χ1v) is 7.64. The van der Waals surface area contributed by atoms with Gasteiger partial charge in [-0.3, -0.25) is 0 Å². The Hall–Kier alpha value is -0.170. The minimum Gasteiger partial charge on any atom is -0.396 e. The smallest absolute Gasteiger partial charge is 0.216 e. The van der Waals surface area contributed by atoms with Crippen LogP contribution in [0.4, 0.5) is 0 Å². The summed E-state index contributed by atoms with van der Waals surface area (Å²) >= 11 is 0. The monoisotopic (exact) mass is 267 g/mol. The van der Waals surface area contributed by atoms with Gasteiger partial charge >= 0.3 is 0 Å². The predicted octanol–water partition coefficient (Wildman–Crippen LogP) is 0.834. The number of hydrogen-bond acceptors (Lipinski definition) is 4. The van der Waals surface area contributed by atoms with E-state index < -0.39 is 10.0 Å². The van der Waals surface area contributed by atoms with Gasteiger partial charge in [-0.1, -0.05) is 0 Å². The van der Waals surface area contributed by atoms with Crippen LogP contribution < -0.4 is 0 Å². The van der Waals surface area contributed by atoms with E-state index in [0.29, 0.717) is 13.0 Å². The summed E-state index contributed by atoms with van der Waals surface area (Å²) in [5.41, 5.74) is 0. The molecule has 0 aromatic rings. The van der Waals surface area contributed by atoms with Crippen molar-refractivity contribution >= 4 is 10.0 Å². The summed E-state index contributed by atoms with van der Waals surface area (Å²) in [6.45, 7) is 7.98. The molecule has 0 aliphatic heterocycles. The Labute approximate surface area is 105 Å². The minimum atomic E-state index is -3.29. The van der Waals surface area contributed by atoms with E-state index in [1.165, 1.54) is 4.31 Å². The van der Waals surface area contributed by atoms with Crippen molar-refractivity contribution in [2.45, 2.75) is 46.3 Å². The molecule has 0 saturated carbocycles. The van der Waals surface area contributed by atoms with E-state index in [2.05, 4.69) is 0 Å². The first-order valence-electron chi connectivity index (χ1n) is 6.03. The molecule has 0 bridgehead atoms. The average molecular weight is 267 g/mol. The first kappa shape index (κ1) is 16.8. The molecule has 0 rings (SSSR count). The van der Waals surface area contributed by atoms with Crippen LogP contribution in [0, 0.1) is 0 Å². The summed E-state index contributed by atoms with van der Waals surface area (Å²) in [4.78, 5) is 0. The lowest BCUT2D eigenvalue weighted by molar-refractivity contribution is 0.0905. The number of ether oxygens (including phenoxy) is 1. The molecule has 0 heterocycles. The van der Waals surface area contributed by atoms with E-state index in [4.69, 9.17) is 9.84 Å². The Morgan fingerprint density at radius 2 is 1.82 bits per heavy atom. The Balaban J connectivity index is 4.39. The van der Waals surface area contributed by atoms with Crippen LogP contribution in [-0.2, 0) is 14.8 Å². The summed E-state index contributed by atoms with van der Waals surface area (Å²) in [6, 6.07) is -0.0920. The largest absolute Gasteiger partial charge is 0.396 e. The average Bonchev–Trinajstić information content (AvgIpc) is 2.16. The van der Waals surface area contributed by atoms with Crippen molar-refractivity contribution in [3.63, 3.8) is 0 Å². The molecule has 0 spiro atoms. The molecule has 6 heteroatoms. The number of sulfonamides is 1. The molecule has 0 aliphatic rings. The maximum Gasteiger partial charge on any atom is 0.216 e. The van der Waals surface area contributed by atoms with Crippen LogP contribution in [0.25, 0.3) is 0 Å². The van der Waals surface area contributed by atoms with Gasteiger partial charge in [-0.2, -0.15) is 4.31 Å². The lowest BCUT2D eigenvalue weighted by atomic mass is 10.3. The van der Waals surface area contributed by atoms with E-state index in [0.717, 1.165) is 0 Å². The second-order valence-electron chi connectivity index (χ2n) is 4.52. The van der Waals surface area contributed by atoms with E-state index in [9.17, 15) is 8.42 Å². The SMILES string of the molecule is CC(C)OCCS(=O)(=O)N(CCCO)C(C)C. The van der Waals surface area contributed by atoms with Crippen LogP contribution in [0.1, 0.15) is 34.1 Å². The highest BCUT2D eigenvalue weighted by Crippen LogP contribution is 2.09. The number of hydrogen-bond donors (Lipinski definition) is 1. The number of aliphatic hydroxyl groups is 1. The van der Waals surface area contributed by atoms with Gasteiger partial charge in [0.1, 0.15) is 0 Å². The van der Waals surface area contributed by atoms with Crippen LogP contribution in [0.2, 0.25) is 0 Å². The summed E-state index contributed by atoms with van der Waals surface area (Å²) in [5, 5.41) is 8.77. The maximum absolute atomic E-state index is 12.0. The molecule has 0 radical (unpaired) electrons. The molecule has 0 saturated heterocycles. The van der Waals surface area contributed by atoms with Crippen LogP contribution in [0.3, 0.4) is 0 Å². The van der Waals surface area contributed by atoms with Crippen molar-refractivity contribution in [2.24, 2.45) is 0 Å². The molecule has 5 nitrogen and oxygen atoms in total. The predicted molar refractivity (Wildman–Crippen MR) is 68.4 cm³/mol. The molecule has 0 aliphatic carbocycles. The zero-order valence-electron chi connectivity index (χ0n) is 11.2. The fraction of sp³-hybridized carbons (Fsp3) is 1.00. The molecule has 0 amide bonds. The fourth-order valence-electron chi connectivity index (χ4n) is 1.45. The second-order valence-corrected chi connectivity index (χ2v) is 6.56. The summed E-state index contributed by atoms with van der Waals surface area (Å²) in [7, 11) is -3.29. The van der Waals surface area contributed by atoms with Gasteiger partial charge < -0.3 is 9.84 Å². The highest BCUT2D eigenvalue weighted by atomic mass is 32.2. The van der Waals surface area contributed by atoms with Crippen LogP contribution in [0.5, 0.6) is 0 Å². The normalized spacial score (nSPS) is 12.9. The van der Waals surface area contributed by atoms with Gasteiger partial charge in [0.15, 0.2) is 0 Å². The van der Waals surface area contributed by atoms with Crippen molar-refractivity contribution in [1.82, 2.24) is 4.31 Å². The Morgan fingerprint density at radius 1 is 1.24 bits per heavy atom. The summed E-state index contributed by atoms with van der Waals surface area (Å²) in [5.74, 6) is -0.00517. The van der Waals surface area contributed by atoms with Crippen molar-refractivity contribution in [3.05, 3.63) is 0 Å². The molecular formula is C11H25NO4S. The lowest BCUT2D eigenvalue weighted by Crippen LogP contribution is -2.40. The highest BCUT2D eigenvalue weighted by Gasteiger charge is 2.24. The van der Waals surface area contributed by atoms with Crippen molar-refractivity contribution in [3.8, 4) is 0 Å². The molecule has 0 unspecified atom stereocenters. The lowest BCUT2D eigenvalue weighted by Gasteiger charge is -2.25. The zero-order valence-corrected chi connectivity index (χ0v) is 12.0. The van der Waals surface area contributed by atoms with Crippen molar-refractivity contribution in [2.75, 3.05) is 25.5 Å². The molecule has 104 valence electrons. The molecule has 0 aromatic heterocycles. The van der Waals surface area contributed by atoms with Gasteiger partial charge in [0.25, 0.3) is 0 Å². The number of rotatable bonds is 9. The van der Waals surface area contributed by atoms with E-state index in [1.807, 2.05) is 27.7 Å². The maximum atomic E-state index is 12.0. The third-order valence-corrected chi connectivity index (χ3v) is 4.26. The van der Waals surface area contributed by atoms with Gasteiger partial charge in [0, 0.05) is 19.2 Å². The summed E-state index contributed by atoms with van der Waals surface area (Å²) in [6.07, 6.45) is 0.498. The Bertz CT molecular complexity index is 288. The van der Waals surface area contributed by atoms with E-state index in [-0.39, 0.29) is 31.1 Å². The van der Waals surface area contributed by atoms with Gasteiger partial charge in [-0.05, 0) is 34.1 Å². The molecule has 1 N–H and O–H groups in total. The summed E-state index contributed by atoms with van der Waals surface area (Å²) < 4.78 is 30.7. The molecule has 0 aromatic carbocycles. The molecule has 17 heavy (non-hydrogen) atoms. The van der Waals surface area contributed by atoms with Crippen LogP contribution in [-0.4, -0.2) is 55.5 Å². The minimum absolute atomic E-state index is 0.00122. The topological polar surface area (TPSA) is 66.8 Å². The number of nitrogens with zero attached hydrogens (tertiary/aromatic N) is 1. The van der Waals surface area contributed by atoms with Crippen LogP contribution in [0.15, 0.2) is 0 Å². The van der Waals surface area contributed by atoms with Gasteiger partial charge in [0.2, 0.25) is 10.0 Å². The first-order chi connectivity index (χ1) is 7.81. The Kier molecular flexibility index (Phi) is 7.94. The fourth-order valence-corrected chi connectivity index (χ4v) is 3.04. The standard InChI is InChI=1S/C11H25NO4S/c1-10(2)12(6-5-7-13)17(14,15)9-8-16-11(3)4/h10-11,13H,5-9H2,1-4H3. The molecule has 0 atom stereocenters. The third kappa shape index (κ3) is 6.98. The Morgan fingerprint density at radius 3 is 2.24 bits per heavy atom. The molecular weight excluding hydrogens is 242 g/mol. The molecule has 0 fully saturated rings. The second kappa shape index (κ2) is 8.02. The van der Waals surface area contributed by atoms with Gasteiger partial charge in [0.05, 0.1) is 18.5 Å². The van der Waals surface area contributed by atoms with Gasteiger partial charge in [-0.15, -0.1) is 0 Å². The van der Waals surface area contributed by atoms with Crippen LogP contribution >= 0.6 is 0 Å². The van der Waals surface area contributed by atoms with E-state index in [1.54, 1.807) is 0 Å². The highest BCUT2D eigenvalue weighted by molar-refractivity contribution is 7.89. The zero-order chi connectivity index (χ0) is 13.5. The van der Waals surface area contributed by atoms with E-state index >= 15 is 0 Å². The van der Waals surface area contributed by atoms with Gasteiger partial charge in [-0.25, -0.2) is 8.42 Å². The quantitative estimate of drug-likeness (QED) is 0.672. The third-order valence-electron chi connectivity index (χ3n) is 2.26. The number of aliphatic hydroxyl groups excluding tert-OH is 1. The van der Waals surface area contributed by atoms with Crippen molar-refractivity contribution in [1.29, 1.82) is 0 Å². The van der Waals surface area contributed by atoms with Crippen molar-refractivity contribution < 1.29 is 18.3 Å².